The predicted octanol–water partition coefficient (Wildman–Crippen LogP) is 6.54. The van der Waals surface area contributed by atoms with Crippen molar-refractivity contribution < 1.29 is 23.8 Å². The van der Waals surface area contributed by atoms with Crippen molar-refractivity contribution in [1.82, 2.24) is 15.3 Å². The minimum atomic E-state index is -0.586. The number of amides is 1. The fourth-order valence-electron chi connectivity index (χ4n) is 4.57. The molecule has 43 heavy (non-hydrogen) atoms. The van der Waals surface area contributed by atoms with Crippen LogP contribution in [0.3, 0.4) is 0 Å². The molecule has 0 saturated carbocycles. The molecule has 1 aliphatic rings. The van der Waals surface area contributed by atoms with Crippen molar-refractivity contribution in [3.63, 3.8) is 0 Å². The van der Waals surface area contributed by atoms with E-state index in [1.54, 1.807) is 19.4 Å². The quantitative estimate of drug-likeness (QED) is 0.252. The highest BCUT2D eigenvalue weighted by Gasteiger charge is 2.34. The second-order valence-electron chi connectivity index (χ2n) is 11.6. The summed E-state index contributed by atoms with van der Waals surface area (Å²) < 4.78 is 17.1. The Hall–Kier alpha value is -3.70. The molecular formula is C31H38ClN5O5S. The molecule has 0 atom stereocenters. The Labute approximate surface area is 261 Å². The van der Waals surface area contributed by atoms with Crippen LogP contribution in [0.5, 0.6) is 11.5 Å². The summed E-state index contributed by atoms with van der Waals surface area (Å²) in [4.78, 5) is 37.0. The maximum absolute atomic E-state index is 12.9. The molecule has 2 aromatic heterocycles. The Morgan fingerprint density at radius 1 is 1.16 bits per heavy atom. The monoisotopic (exact) mass is 627 g/mol. The Balaban J connectivity index is 1.63. The van der Waals surface area contributed by atoms with Crippen molar-refractivity contribution >= 4 is 46.7 Å². The van der Waals surface area contributed by atoms with Crippen LogP contribution in [-0.4, -0.2) is 53.2 Å². The zero-order valence-corrected chi connectivity index (χ0v) is 26.9. The third-order valence-corrected chi connectivity index (χ3v) is 8.47. The summed E-state index contributed by atoms with van der Waals surface area (Å²) in [5.74, 6) is 1.26. The van der Waals surface area contributed by atoms with Crippen LogP contribution in [0.15, 0.2) is 52.5 Å². The highest BCUT2D eigenvalue weighted by molar-refractivity contribution is 7.99. The number of benzene rings is 1. The molecule has 3 N–H and O–H groups in total. The average Bonchev–Trinajstić information content (AvgIpc) is 2.94. The predicted molar refractivity (Wildman–Crippen MR) is 169 cm³/mol. The normalized spacial score (nSPS) is 14.6. The first-order chi connectivity index (χ1) is 20.3. The highest BCUT2D eigenvalue weighted by Crippen LogP contribution is 2.42. The molecule has 0 spiro atoms. The number of methoxy groups -OCH3 is 1. The molecule has 10 nitrogen and oxygen atoms in total. The summed E-state index contributed by atoms with van der Waals surface area (Å²) in [6.07, 6.45) is 2.42. The minimum absolute atomic E-state index is 0.181. The maximum Gasteiger partial charge on any atom is 0.408 e. The van der Waals surface area contributed by atoms with Crippen LogP contribution in [0.2, 0.25) is 5.02 Å². The molecule has 1 saturated heterocycles. The van der Waals surface area contributed by atoms with Gasteiger partial charge in [-0.2, -0.15) is 0 Å². The number of nitrogen functional groups attached to an aromatic ring is 1. The van der Waals surface area contributed by atoms with Gasteiger partial charge < -0.3 is 30.2 Å². The van der Waals surface area contributed by atoms with E-state index in [0.29, 0.717) is 58.0 Å². The van der Waals surface area contributed by atoms with E-state index in [0.717, 1.165) is 11.3 Å². The van der Waals surface area contributed by atoms with Crippen LogP contribution >= 0.6 is 23.4 Å². The molecule has 0 bridgehead atoms. The van der Waals surface area contributed by atoms with Gasteiger partial charge in [-0.05, 0) is 64.3 Å². The lowest BCUT2D eigenvalue weighted by molar-refractivity contribution is 0.0448. The molecule has 0 aliphatic carbocycles. The first-order valence-electron chi connectivity index (χ1n) is 13.9. The van der Waals surface area contributed by atoms with Gasteiger partial charge >= 0.3 is 6.09 Å². The maximum atomic E-state index is 12.9. The van der Waals surface area contributed by atoms with E-state index in [1.807, 2.05) is 58.0 Å². The van der Waals surface area contributed by atoms with Gasteiger partial charge in [-0.15, -0.1) is 0 Å². The number of pyridine rings is 2. The number of carbonyl (C=O) groups excluding carboxylic acids is 2. The number of halogens is 1. The van der Waals surface area contributed by atoms with Gasteiger partial charge in [0.2, 0.25) is 0 Å². The zero-order chi connectivity index (χ0) is 31.4. The lowest BCUT2D eigenvalue weighted by Crippen LogP contribution is -2.54. The Kier molecular flexibility index (Phi) is 9.96. The second kappa shape index (κ2) is 13.3. The standard InChI is InChI=1S/C31H38ClN5O5S/c1-19(38)26-22(37-15-12-31(5,13-16-37)36-29(39)42-30(2,3)4)17-23(41-18-20-7-9-21(40-6)10-8-20)28(35-26)43-24-11-14-34-27(33)25(24)32/h7-11,14,17H,12-13,15-16,18H2,1-6H3,(H2,33,34)(H,36,39). The molecule has 3 aromatic rings. The van der Waals surface area contributed by atoms with Gasteiger partial charge in [-0.3, -0.25) is 4.79 Å². The van der Waals surface area contributed by atoms with Crippen LogP contribution in [0.1, 0.15) is 63.5 Å². The van der Waals surface area contributed by atoms with E-state index in [9.17, 15) is 9.59 Å². The van der Waals surface area contributed by atoms with E-state index < -0.39 is 17.2 Å². The molecule has 4 rings (SSSR count). The first-order valence-corrected chi connectivity index (χ1v) is 15.1. The number of ether oxygens (including phenoxy) is 3. The number of anilines is 2. The van der Waals surface area contributed by atoms with Gasteiger partial charge in [0.1, 0.15) is 34.5 Å². The van der Waals surface area contributed by atoms with Crippen molar-refractivity contribution in [2.45, 2.75) is 75.1 Å². The molecule has 1 aromatic carbocycles. The number of piperidine rings is 1. The number of carbonyl (C=O) groups is 2. The molecule has 0 radical (unpaired) electrons. The Bertz CT molecular complexity index is 1470. The lowest BCUT2D eigenvalue weighted by Gasteiger charge is -2.41. The third-order valence-electron chi connectivity index (χ3n) is 6.92. The van der Waals surface area contributed by atoms with Crippen LogP contribution in [0, 0.1) is 0 Å². The molecular weight excluding hydrogens is 590 g/mol. The fraction of sp³-hybridized carbons (Fsp3) is 0.419. The van der Waals surface area contributed by atoms with Crippen molar-refractivity contribution in [2.24, 2.45) is 0 Å². The number of alkyl carbamates (subject to hydrolysis) is 1. The molecule has 12 heteroatoms. The summed E-state index contributed by atoms with van der Waals surface area (Å²) in [5.41, 5.74) is 6.82. The fourth-order valence-corrected chi connectivity index (χ4v) is 5.68. The topological polar surface area (TPSA) is 129 Å². The van der Waals surface area contributed by atoms with Crippen LogP contribution < -0.4 is 25.4 Å². The number of nitrogens with one attached hydrogen (secondary N) is 1. The van der Waals surface area contributed by atoms with Gasteiger partial charge in [-0.25, -0.2) is 14.8 Å². The van der Waals surface area contributed by atoms with E-state index >= 15 is 0 Å². The summed E-state index contributed by atoms with van der Waals surface area (Å²) >= 11 is 7.70. The largest absolute Gasteiger partial charge is 0.497 e. The molecule has 3 heterocycles. The van der Waals surface area contributed by atoms with Crippen LogP contribution in [-0.2, 0) is 11.3 Å². The molecule has 230 valence electrons. The Morgan fingerprint density at radius 2 is 1.84 bits per heavy atom. The number of nitrogens with zero attached hydrogens (tertiary/aromatic N) is 3. The summed E-state index contributed by atoms with van der Waals surface area (Å²) in [6.45, 7) is 10.4. The SMILES string of the molecule is COc1ccc(COc2cc(N3CCC(C)(NC(=O)OC(C)(C)C)CC3)c(C(C)=O)nc2Sc2ccnc(N)c2Cl)cc1. The average molecular weight is 628 g/mol. The molecule has 0 unspecified atom stereocenters. The number of hydrogen-bond donors (Lipinski definition) is 2. The zero-order valence-electron chi connectivity index (χ0n) is 25.3. The number of aromatic nitrogens is 2. The van der Waals surface area contributed by atoms with Gasteiger partial charge in [-0.1, -0.05) is 35.5 Å². The van der Waals surface area contributed by atoms with Gasteiger partial charge in [0.05, 0.1) is 17.8 Å². The molecule has 1 amide bonds. The third kappa shape index (κ3) is 8.45. The first kappa shape index (κ1) is 32.2. The van der Waals surface area contributed by atoms with Gasteiger partial charge in [0.25, 0.3) is 0 Å². The van der Waals surface area contributed by atoms with Crippen LogP contribution in [0.4, 0.5) is 16.3 Å². The van der Waals surface area contributed by atoms with Crippen molar-refractivity contribution in [2.75, 3.05) is 30.8 Å². The smallest absolute Gasteiger partial charge is 0.408 e. The van der Waals surface area contributed by atoms with Crippen molar-refractivity contribution in [1.29, 1.82) is 0 Å². The number of rotatable bonds is 9. The van der Waals surface area contributed by atoms with Crippen molar-refractivity contribution in [3.05, 3.63) is 58.9 Å². The van der Waals surface area contributed by atoms with E-state index in [2.05, 4.69) is 15.2 Å². The second-order valence-corrected chi connectivity index (χ2v) is 13.0. The number of Topliss-reactive ketones (excluding diaryl/α,β-unsaturated/α-hetero) is 1. The van der Waals surface area contributed by atoms with Gasteiger partial charge in [0.15, 0.2) is 11.5 Å². The van der Waals surface area contributed by atoms with E-state index in [4.69, 9.17) is 36.5 Å². The summed E-state index contributed by atoms with van der Waals surface area (Å²) in [5, 5.41) is 3.81. The minimum Gasteiger partial charge on any atom is -0.497 e. The number of hydrogen-bond acceptors (Lipinski definition) is 10. The molecule has 1 aliphatic heterocycles. The van der Waals surface area contributed by atoms with Crippen LogP contribution in [0.25, 0.3) is 0 Å². The molecule has 1 fully saturated rings. The van der Waals surface area contributed by atoms with E-state index in [-0.39, 0.29) is 18.2 Å². The lowest BCUT2D eigenvalue weighted by atomic mass is 9.89. The van der Waals surface area contributed by atoms with Gasteiger partial charge in [0, 0.05) is 42.7 Å². The van der Waals surface area contributed by atoms with Crippen molar-refractivity contribution in [3.8, 4) is 11.5 Å². The highest BCUT2D eigenvalue weighted by atomic mass is 35.5. The number of nitrogens with two attached hydrogens (primary N) is 1. The summed E-state index contributed by atoms with van der Waals surface area (Å²) in [7, 11) is 1.62. The number of ketones is 1. The summed E-state index contributed by atoms with van der Waals surface area (Å²) in [6, 6.07) is 11.2. The van der Waals surface area contributed by atoms with E-state index in [1.165, 1.54) is 18.7 Å². The Morgan fingerprint density at radius 3 is 2.44 bits per heavy atom.